The lowest BCUT2D eigenvalue weighted by atomic mass is 10.2. The number of sulfonamides is 1. The molecule has 2 aromatic carbocycles. The third-order valence-electron chi connectivity index (χ3n) is 5.93. The van der Waals surface area contributed by atoms with Crippen LogP contribution >= 0.6 is 11.3 Å². The van der Waals surface area contributed by atoms with Gasteiger partial charge >= 0.3 is 0 Å². The van der Waals surface area contributed by atoms with Crippen molar-refractivity contribution in [3.63, 3.8) is 0 Å². The Bertz CT molecular complexity index is 1550. The molecule has 5 rings (SSSR count). The Morgan fingerprint density at radius 2 is 1.84 bits per heavy atom. The lowest BCUT2D eigenvalue weighted by Gasteiger charge is -2.27. The molecule has 0 atom stereocenters. The fourth-order valence-corrected chi connectivity index (χ4v) is 6.43. The van der Waals surface area contributed by atoms with E-state index >= 15 is 0 Å². The molecule has 0 spiro atoms. The van der Waals surface area contributed by atoms with Crippen molar-refractivity contribution < 1.29 is 13.5 Å². The summed E-state index contributed by atoms with van der Waals surface area (Å²) in [5.41, 5.74) is 9.52. The first kappa shape index (κ1) is 26.0. The molecule has 1 fully saturated rings. The van der Waals surface area contributed by atoms with E-state index in [0.29, 0.717) is 48.6 Å². The summed E-state index contributed by atoms with van der Waals surface area (Å²) in [6.07, 6.45) is 7.28. The number of nitrogens with one attached hydrogen (secondary N) is 3. The summed E-state index contributed by atoms with van der Waals surface area (Å²) in [6, 6.07) is 10.9. The molecular formula is C25H28N8O3S2. The minimum Gasteiger partial charge on any atom is -0.395 e. The monoisotopic (exact) mass is 552 g/mol. The predicted octanol–water partition coefficient (Wildman–Crippen LogP) is 2.58. The van der Waals surface area contributed by atoms with Crippen molar-refractivity contribution in [2.45, 2.75) is 4.90 Å². The highest BCUT2D eigenvalue weighted by Crippen LogP contribution is 2.29. The maximum Gasteiger partial charge on any atom is 0.245 e. The van der Waals surface area contributed by atoms with Gasteiger partial charge in [0.15, 0.2) is 5.13 Å². The number of benzene rings is 2. The van der Waals surface area contributed by atoms with Crippen LogP contribution in [-0.4, -0.2) is 72.1 Å². The molecule has 0 unspecified atom stereocenters. The summed E-state index contributed by atoms with van der Waals surface area (Å²) in [7, 11) is -3.69. The molecule has 11 nitrogen and oxygen atoms in total. The molecule has 13 heteroatoms. The largest absolute Gasteiger partial charge is 0.395 e. The molecule has 1 aliphatic rings. The van der Waals surface area contributed by atoms with Crippen LogP contribution in [0.25, 0.3) is 22.4 Å². The van der Waals surface area contributed by atoms with E-state index in [4.69, 9.17) is 5.73 Å². The van der Waals surface area contributed by atoms with Crippen LogP contribution in [0.4, 0.5) is 22.5 Å². The lowest BCUT2D eigenvalue weighted by Crippen LogP contribution is -2.46. The van der Waals surface area contributed by atoms with Crippen molar-refractivity contribution in [3.8, 4) is 0 Å². The number of aliphatic hydroxyl groups excluding tert-OH is 1. The van der Waals surface area contributed by atoms with Crippen LogP contribution in [-0.2, 0) is 10.0 Å². The fraction of sp³-hybridized carbons (Fsp3) is 0.240. The van der Waals surface area contributed by atoms with Crippen LogP contribution in [0.15, 0.2) is 53.7 Å². The maximum atomic E-state index is 13.2. The number of anilines is 4. The number of hydrogen-bond donors (Lipinski definition) is 5. The van der Waals surface area contributed by atoms with Gasteiger partial charge in [0.1, 0.15) is 4.90 Å². The number of thiazole rings is 1. The van der Waals surface area contributed by atoms with Crippen LogP contribution in [0, 0.1) is 0 Å². The SMILES string of the molecule is Nc1nc2ccc(C=Cc3cnc(Nc4ccc(S(=O)(=O)N5CCNCC5)c(NCCO)c4)nc3)cc2s1. The molecule has 1 aliphatic heterocycles. The summed E-state index contributed by atoms with van der Waals surface area (Å²) in [6.45, 7) is 2.12. The van der Waals surface area contributed by atoms with Gasteiger partial charge in [-0.1, -0.05) is 29.6 Å². The van der Waals surface area contributed by atoms with Crippen molar-refractivity contribution in [2.75, 3.05) is 55.7 Å². The van der Waals surface area contributed by atoms with Crippen molar-refractivity contribution in [3.05, 3.63) is 59.9 Å². The zero-order chi connectivity index (χ0) is 26.5. The Kier molecular flexibility index (Phi) is 7.81. The first-order chi connectivity index (χ1) is 18.4. The molecule has 38 heavy (non-hydrogen) atoms. The summed E-state index contributed by atoms with van der Waals surface area (Å²) in [5, 5.41) is 19.1. The van der Waals surface area contributed by atoms with E-state index in [1.54, 1.807) is 30.6 Å². The molecule has 0 aliphatic carbocycles. The highest BCUT2D eigenvalue weighted by Gasteiger charge is 2.28. The molecule has 2 aromatic heterocycles. The molecular weight excluding hydrogens is 524 g/mol. The van der Waals surface area contributed by atoms with Gasteiger partial charge < -0.3 is 26.8 Å². The Hall–Kier alpha value is -3.62. The van der Waals surface area contributed by atoms with Crippen LogP contribution in [0.2, 0.25) is 0 Å². The molecule has 198 valence electrons. The number of aromatic nitrogens is 3. The number of fused-ring (bicyclic) bond motifs is 1. The Labute approximate surface area is 224 Å². The summed E-state index contributed by atoms with van der Waals surface area (Å²) >= 11 is 1.45. The molecule has 4 aromatic rings. The van der Waals surface area contributed by atoms with Gasteiger partial charge in [-0.3, -0.25) is 0 Å². The van der Waals surface area contributed by atoms with Crippen LogP contribution in [0.1, 0.15) is 11.1 Å². The minimum absolute atomic E-state index is 0.130. The first-order valence-corrected chi connectivity index (χ1v) is 14.3. The molecule has 0 amide bonds. The Morgan fingerprint density at radius 3 is 2.61 bits per heavy atom. The zero-order valence-electron chi connectivity index (χ0n) is 20.5. The molecule has 0 bridgehead atoms. The molecule has 6 N–H and O–H groups in total. The van der Waals surface area contributed by atoms with E-state index in [2.05, 4.69) is 30.9 Å². The minimum atomic E-state index is -3.69. The molecule has 0 radical (unpaired) electrons. The summed E-state index contributed by atoms with van der Waals surface area (Å²) < 4.78 is 29.0. The average Bonchev–Trinajstić information content (AvgIpc) is 3.31. The van der Waals surface area contributed by atoms with Gasteiger partial charge in [-0.2, -0.15) is 4.31 Å². The topological polar surface area (TPSA) is 158 Å². The molecule has 0 saturated carbocycles. The normalized spacial score (nSPS) is 14.8. The van der Waals surface area contributed by atoms with Gasteiger partial charge in [0.2, 0.25) is 16.0 Å². The van der Waals surface area contributed by atoms with E-state index in [-0.39, 0.29) is 18.0 Å². The Morgan fingerprint density at radius 1 is 1.08 bits per heavy atom. The lowest BCUT2D eigenvalue weighted by molar-refractivity contribution is 0.311. The van der Waals surface area contributed by atoms with Crippen LogP contribution < -0.4 is 21.7 Å². The summed E-state index contributed by atoms with van der Waals surface area (Å²) in [5.74, 6) is 0.370. The highest BCUT2D eigenvalue weighted by molar-refractivity contribution is 7.89. The van der Waals surface area contributed by atoms with Crippen molar-refractivity contribution in [1.29, 1.82) is 0 Å². The van der Waals surface area contributed by atoms with Gasteiger partial charge in [-0.15, -0.1) is 0 Å². The number of rotatable bonds is 9. The van der Waals surface area contributed by atoms with Gasteiger partial charge in [-0.05, 0) is 35.9 Å². The van der Waals surface area contributed by atoms with Crippen molar-refractivity contribution in [1.82, 2.24) is 24.6 Å². The van der Waals surface area contributed by atoms with Crippen LogP contribution in [0.3, 0.4) is 0 Å². The highest BCUT2D eigenvalue weighted by atomic mass is 32.2. The maximum absolute atomic E-state index is 13.2. The second kappa shape index (κ2) is 11.4. The third kappa shape index (κ3) is 5.92. The predicted molar refractivity (Wildman–Crippen MR) is 152 cm³/mol. The summed E-state index contributed by atoms with van der Waals surface area (Å²) in [4.78, 5) is 13.2. The Balaban J connectivity index is 1.30. The number of piperazine rings is 1. The van der Waals surface area contributed by atoms with Gasteiger partial charge in [0, 0.05) is 56.4 Å². The van der Waals surface area contributed by atoms with E-state index in [0.717, 1.165) is 21.3 Å². The van der Waals surface area contributed by atoms with Crippen LogP contribution in [0.5, 0.6) is 0 Å². The number of nitrogens with two attached hydrogens (primary N) is 1. The fourth-order valence-electron chi connectivity index (χ4n) is 4.06. The zero-order valence-corrected chi connectivity index (χ0v) is 22.1. The second-order valence-electron chi connectivity index (χ2n) is 8.59. The first-order valence-electron chi connectivity index (χ1n) is 12.1. The van der Waals surface area contributed by atoms with Gasteiger partial charge in [-0.25, -0.2) is 23.4 Å². The third-order valence-corrected chi connectivity index (χ3v) is 8.73. The standard InChI is InChI=1S/C25H28N8O3S2/c26-24-32-20-5-3-17(13-22(20)37-24)1-2-18-15-29-25(30-16-18)31-19-4-6-23(21(14-19)28-9-12-34)38(35,36)33-10-7-27-8-11-33/h1-6,13-16,27-28,34H,7-12H2,(H2,26,32)(H,29,30,31). The van der Waals surface area contributed by atoms with E-state index in [1.807, 2.05) is 30.4 Å². The number of nitrogens with zero attached hydrogens (tertiary/aromatic N) is 4. The van der Waals surface area contributed by atoms with E-state index in [1.165, 1.54) is 15.6 Å². The molecule has 3 heterocycles. The average molecular weight is 553 g/mol. The van der Waals surface area contributed by atoms with E-state index < -0.39 is 10.0 Å². The van der Waals surface area contributed by atoms with Gasteiger partial charge in [0.25, 0.3) is 0 Å². The number of nitrogen functional groups attached to an aromatic ring is 1. The second-order valence-corrected chi connectivity index (χ2v) is 11.6. The smallest absolute Gasteiger partial charge is 0.245 e. The van der Waals surface area contributed by atoms with Gasteiger partial charge in [0.05, 0.1) is 22.5 Å². The van der Waals surface area contributed by atoms with E-state index in [9.17, 15) is 13.5 Å². The number of aliphatic hydroxyl groups is 1. The quantitative estimate of drug-likeness (QED) is 0.209. The molecule has 1 saturated heterocycles. The van der Waals surface area contributed by atoms with Crippen molar-refractivity contribution >= 4 is 66.2 Å². The van der Waals surface area contributed by atoms with Crippen molar-refractivity contribution in [2.24, 2.45) is 0 Å². The number of hydrogen-bond acceptors (Lipinski definition) is 11.